The summed E-state index contributed by atoms with van der Waals surface area (Å²) in [5, 5.41) is 13.2. The summed E-state index contributed by atoms with van der Waals surface area (Å²) >= 11 is 0. The second-order valence-corrected chi connectivity index (χ2v) is 5.31. The van der Waals surface area contributed by atoms with Gasteiger partial charge in [0.1, 0.15) is 5.75 Å². The van der Waals surface area contributed by atoms with Gasteiger partial charge >= 0.3 is 0 Å². The van der Waals surface area contributed by atoms with E-state index in [0.717, 1.165) is 18.5 Å². The molecule has 0 spiro atoms. The molecule has 1 aliphatic carbocycles. The van der Waals surface area contributed by atoms with Gasteiger partial charge in [-0.2, -0.15) is 0 Å². The molecule has 1 aromatic rings. The van der Waals surface area contributed by atoms with Crippen LogP contribution in [-0.2, 0) is 0 Å². The van der Waals surface area contributed by atoms with Gasteiger partial charge in [-0.1, -0.05) is 19.3 Å². The molecule has 0 unspecified atom stereocenters. The number of aliphatic hydroxyl groups excluding tert-OH is 1. The maximum Gasteiger partial charge on any atom is 0.144 e. The molecule has 4 nitrogen and oxygen atoms in total. The van der Waals surface area contributed by atoms with Crippen molar-refractivity contribution in [1.82, 2.24) is 0 Å². The molecule has 2 rings (SSSR count). The van der Waals surface area contributed by atoms with E-state index in [1.165, 1.54) is 19.3 Å². The molecule has 4 N–H and O–H groups in total. The fraction of sp³-hybridized carbons (Fsp3) is 0.600. The lowest BCUT2D eigenvalue weighted by Gasteiger charge is -2.37. The summed E-state index contributed by atoms with van der Waals surface area (Å²) in [6.07, 6.45) is 5.62. The fourth-order valence-electron chi connectivity index (χ4n) is 2.75. The number of aliphatic hydroxyl groups is 1. The van der Waals surface area contributed by atoms with Crippen LogP contribution in [0.2, 0.25) is 0 Å². The summed E-state index contributed by atoms with van der Waals surface area (Å²) in [5.74, 6) is 0.705. The Bertz CT molecular complexity index is 415. The van der Waals surface area contributed by atoms with Crippen LogP contribution in [-0.4, -0.2) is 23.9 Å². The Hall–Kier alpha value is -1.42. The quantitative estimate of drug-likeness (QED) is 0.715. The van der Waals surface area contributed by atoms with Gasteiger partial charge in [0.25, 0.3) is 0 Å². The SMILES string of the molecule is CCOc1cc(NC2(CO)CCCCC2)ccc1N. The van der Waals surface area contributed by atoms with Crippen molar-refractivity contribution in [2.24, 2.45) is 0 Å². The molecule has 0 aliphatic heterocycles. The highest BCUT2D eigenvalue weighted by Crippen LogP contribution is 2.33. The Morgan fingerprint density at radius 2 is 2.05 bits per heavy atom. The van der Waals surface area contributed by atoms with Crippen LogP contribution in [0.5, 0.6) is 5.75 Å². The summed E-state index contributed by atoms with van der Waals surface area (Å²) in [7, 11) is 0. The molecule has 0 saturated heterocycles. The van der Waals surface area contributed by atoms with Crippen molar-refractivity contribution in [2.75, 3.05) is 24.3 Å². The monoisotopic (exact) mass is 264 g/mol. The van der Waals surface area contributed by atoms with Crippen LogP contribution in [0.1, 0.15) is 39.0 Å². The normalized spacial score (nSPS) is 18.0. The molecule has 0 amide bonds. The van der Waals surface area contributed by atoms with Crippen molar-refractivity contribution in [2.45, 2.75) is 44.6 Å². The van der Waals surface area contributed by atoms with Gasteiger partial charge in [-0.15, -0.1) is 0 Å². The number of hydrogen-bond acceptors (Lipinski definition) is 4. The maximum absolute atomic E-state index is 9.71. The van der Waals surface area contributed by atoms with Crippen molar-refractivity contribution >= 4 is 11.4 Å². The van der Waals surface area contributed by atoms with Gasteiger partial charge in [0, 0.05) is 11.8 Å². The predicted molar refractivity (Wildman–Crippen MR) is 78.5 cm³/mol. The van der Waals surface area contributed by atoms with Crippen molar-refractivity contribution < 1.29 is 9.84 Å². The van der Waals surface area contributed by atoms with Crippen molar-refractivity contribution in [3.63, 3.8) is 0 Å². The number of nitrogen functional groups attached to an aromatic ring is 1. The van der Waals surface area contributed by atoms with Crippen molar-refractivity contribution in [3.8, 4) is 5.75 Å². The molecule has 1 aliphatic rings. The lowest BCUT2D eigenvalue weighted by Crippen LogP contribution is -2.43. The van der Waals surface area contributed by atoms with E-state index in [1.54, 1.807) is 0 Å². The lowest BCUT2D eigenvalue weighted by atomic mass is 9.82. The molecule has 0 bridgehead atoms. The number of hydrogen-bond donors (Lipinski definition) is 3. The molecular formula is C15H24N2O2. The standard InChI is InChI=1S/C15H24N2O2/c1-2-19-14-10-12(6-7-13(14)16)17-15(11-18)8-4-3-5-9-15/h6-7,10,17-18H,2-5,8-9,11,16H2,1H3. The Labute approximate surface area is 115 Å². The average molecular weight is 264 g/mol. The van der Waals surface area contributed by atoms with Crippen molar-refractivity contribution in [3.05, 3.63) is 18.2 Å². The Kier molecular flexibility index (Phi) is 4.53. The Morgan fingerprint density at radius 1 is 1.32 bits per heavy atom. The van der Waals surface area contributed by atoms with E-state index >= 15 is 0 Å². The number of nitrogens with one attached hydrogen (secondary N) is 1. The molecule has 0 radical (unpaired) electrons. The lowest BCUT2D eigenvalue weighted by molar-refractivity contribution is 0.173. The second-order valence-electron chi connectivity index (χ2n) is 5.31. The van der Waals surface area contributed by atoms with Gasteiger partial charge in [-0.3, -0.25) is 0 Å². The molecular weight excluding hydrogens is 240 g/mol. The van der Waals surface area contributed by atoms with E-state index in [1.807, 2.05) is 25.1 Å². The largest absolute Gasteiger partial charge is 0.492 e. The highest BCUT2D eigenvalue weighted by molar-refractivity contribution is 5.62. The minimum Gasteiger partial charge on any atom is -0.492 e. The zero-order valence-electron chi connectivity index (χ0n) is 11.6. The third-order valence-corrected chi connectivity index (χ3v) is 3.84. The van der Waals surface area contributed by atoms with Crippen LogP contribution >= 0.6 is 0 Å². The molecule has 106 valence electrons. The smallest absolute Gasteiger partial charge is 0.144 e. The molecule has 0 aromatic heterocycles. The van der Waals surface area contributed by atoms with Crippen LogP contribution in [0.4, 0.5) is 11.4 Å². The van der Waals surface area contributed by atoms with E-state index in [2.05, 4.69) is 5.32 Å². The van der Waals surface area contributed by atoms with Gasteiger partial charge in [0.2, 0.25) is 0 Å². The maximum atomic E-state index is 9.71. The molecule has 1 fully saturated rings. The highest BCUT2D eigenvalue weighted by atomic mass is 16.5. The van der Waals surface area contributed by atoms with E-state index in [0.29, 0.717) is 18.0 Å². The third-order valence-electron chi connectivity index (χ3n) is 3.84. The molecule has 19 heavy (non-hydrogen) atoms. The minimum atomic E-state index is -0.183. The second kappa shape index (κ2) is 6.15. The summed E-state index contributed by atoms with van der Waals surface area (Å²) < 4.78 is 5.51. The number of benzene rings is 1. The summed E-state index contributed by atoms with van der Waals surface area (Å²) in [6, 6.07) is 5.72. The Balaban J connectivity index is 2.15. The van der Waals surface area contributed by atoms with Crippen LogP contribution in [0.3, 0.4) is 0 Å². The van der Waals surface area contributed by atoms with Gasteiger partial charge in [-0.05, 0) is 31.9 Å². The number of rotatable bonds is 5. The van der Waals surface area contributed by atoms with Gasteiger partial charge in [-0.25, -0.2) is 0 Å². The van der Waals surface area contributed by atoms with Crippen LogP contribution in [0.25, 0.3) is 0 Å². The van der Waals surface area contributed by atoms with E-state index in [-0.39, 0.29) is 12.1 Å². The van der Waals surface area contributed by atoms with Crippen LogP contribution in [0.15, 0.2) is 18.2 Å². The number of anilines is 2. The number of ether oxygens (including phenoxy) is 1. The Morgan fingerprint density at radius 3 is 2.68 bits per heavy atom. The first-order valence-corrected chi connectivity index (χ1v) is 7.10. The zero-order chi connectivity index (χ0) is 13.7. The zero-order valence-corrected chi connectivity index (χ0v) is 11.6. The average Bonchev–Trinajstić information content (AvgIpc) is 2.44. The summed E-state index contributed by atoms with van der Waals surface area (Å²) in [6.45, 7) is 2.70. The van der Waals surface area contributed by atoms with Crippen molar-refractivity contribution in [1.29, 1.82) is 0 Å². The first-order valence-electron chi connectivity index (χ1n) is 7.10. The molecule has 1 saturated carbocycles. The van der Waals surface area contributed by atoms with Crippen LogP contribution < -0.4 is 15.8 Å². The number of nitrogens with two attached hydrogens (primary N) is 1. The highest BCUT2D eigenvalue weighted by Gasteiger charge is 2.31. The third kappa shape index (κ3) is 3.32. The topological polar surface area (TPSA) is 67.5 Å². The first kappa shape index (κ1) is 14.0. The van der Waals surface area contributed by atoms with E-state index in [9.17, 15) is 5.11 Å². The van der Waals surface area contributed by atoms with E-state index in [4.69, 9.17) is 10.5 Å². The van der Waals surface area contributed by atoms with Gasteiger partial charge < -0.3 is 20.9 Å². The summed E-state index contributed by atoms with van der Waals surface area (Å²) in [4.78, 5) is 0. The minimum absolute atomic E-state index is 0.168. The molecule has 4 heteroatoms. The summed E-state index contributed by atoms with van der Waals surface area (Å²) in [5.41, 5.74) is 7.30. The molecule has 0 heterocycles. The first-order chi connectivity index (χ1) is 9.19. The van der Waals surface area contributed by atoms with E-state index < -0.39 is 0 Å². The van der Waals surface area contributed by atoms with Crippen LogP contribution in [0, 0.1) is 0 Å². The molecule has 0 atom stereocenters. The molecule has 1 aromatic carbocycles. The van der Waals surface area contributed by atoms with Gasteiger partial charge in [0.15, 0.2) is 0 Å². The predicted octanol–water partition coefficient (Wildman–Crippen LogP) is 2.77. The van der Waals surface area contributed by atoms with Gasteiger partial charge in [0.05, 0.1) is 24.4 Å². The fourth-order valence-corrected chi connectivity index (χ4v) is 2.75.